The number of nitrogens with zero attached hydrogens (tertiary/aromatic N) is 2. The number of methoxy groups -OCH3 is 1. The van der Waals surface area contributed by atoms with Gasteiger partial charge in [-0.25, -0.2) is 0 Å². The number of likely N-dealkylation sites (tertiary alicyclic amines) is 1. The van der Waals surface area contributed by atoms with E-state index < -0.39 is 0 Å². The van der Waals surface area contributed by atoms with Gasteiger partial charge in [-0.3, -0.25) is 4.79 Å². The van der Waals surface area contributed by atoms with Gasteiger partial charge in [0.2, 0.25) is 0 Å². The Labute approximate surface area is 143 Å². The van der Waals surface area contributed by atoms with Crippen LogP contribution in [0.2, 0.25) is 0 Å². The Morgan fingerprint density at radius 2 is 1.67 bits per heavy atom. The average Bonchev–Trinajstić information content (AvgIpc) is 2.67. The quantitative estimate of drug-likeness (QED) is 0.849. The number of piperidine rings is 1. The second-order valence-electron chi connectivity index (χ2n) is 6.13. The first kappa shape index (κ1) is 16.4. The van der Waals surface area contributed by atoms with Crippen LogP contribution >= 0.6 is 0 Å². The number of hydrogen-bond acceptors (Lipinski definition) is 3. The standard InChI is InChI=1S/C20H24N2O2/c1-21(16-10-12-17(24-2)13-11-16)19-9-5-4-8-18(19)20(23)22-14-6-3-7-15-22/h4-5,8-13H,3,6-7,14-15H2,1-2H3. The zero-order valence-corrected chi connectivity index (χ0v) is 14.4. The van der Waals surface area contributed by atoms with E-state index in [9.17, 15) is 4.79 Å². The molecule has 126 valence electrons. The summed E-state index contributed by atoms with van der Waals surface area (Å²) in [6, 6.07) is 15.7. The predicted molar refractivity (Wildman–Crippen MR) is 97.3 cm³/mol. The summed E-state index contributed by atoms with van der Waals surface area (Å²) in [5.41, 5.74) is 2.71. The van der Waals surface area contributed by atoms with Crippen molar-refractivity contribution in [2.45, 2.75) is 19.3 Å². The fourth-order valence-electron chi connectivity index (χ4n) is 3.16. The minimum Gasteiger partial charge on any atom is -0.497 e. The van der Waals surface area contributed by atoms with Gasteiger partial charge in [0.1, 0.15) is 5.75 Å². The number of benzene rings is 2. The molecule has 1 aliphatic heterocycles. The number of amides is 1. The molecule has 0 bridgehead atoms. The van der Waals surface area contributed by atoms with E-state index >= 15 is 0 Å². The molecule has 0 saturated carbocycles. The molecule has 1 fully saturated rings. The summed E-state index contributed by atoms with van der Waals surface area (Å²) in [6.45, 7) is 1.72. The fraction of sp³-hybridized carbons (Fsp3) is 0.350. The van der Waals surface area contributed by atoms with Crippen LogP contribution in [0.5, 0.6) is 5.75 Å². The summed E-state index contributed by atoms with van der Waals surface area (Å²) in [7, 11) is 3.65. The number of carbonyl (C=O) groups is 1. The highest BCUT2D eigenvalue weighted by Gasteiger charge is 2.22. The summed E-state index contributed by atoms with van der Waals surface area (Å²) in [5.74, 6) is 0.954. The van der Waals surface area contributed by atoms with Crippen LogP contribution in [0.15, 0.2) is 48.5 Å². The van der Waals surface area contributed by atoms with E-state index in [0.29, 0.717) is 0 Å². The van der Waals surface area contributed by atoms with Crippen molar-refractivity contribution >= 4 is 17.3 Å². The molecule has 1 aliphatic rings. The maximum absolute atomic E-state index is 12.9. The maximum Gasteiger partial charge on any atom is 0.255 e. The van der Waals surface area contributed by atoms with Crippen molar-refractivity contribution in [1.82, 2.24) is 4.90 Å². The zero-order chi connectivity index (χ0) is 16.9. The maximum atomic E-state index is 12.9. The molecule has 4 heteroatoms. The Kier molecular flexibility index (Phi) is 5.04. The number of hydrogen-bond donors (Lipinski definition) is 0. The zero-order valence-electron chi connectivity index (χ0n) is 14.4. The monoisotopic (exact) mass is 324 g/mol. The third-order valence-corrected chi connectivity index (χ3v) is 4.60. The normalized spacial score (nSPS) is 14.3. The second-order valence-corrected chi connectivity index (χ2v) is 6.13. The first-order chi connectivity index (χ1) is 11.7. The van der Waals surface area contributed by atoms with E-state index in [1.165, 1.54) is 6.42 Å². The SMILES string of the molecule is COc1ccc(N(C)c2ccccc2C(=O)N2CCCCC2)cc1. The van der Waals surface area contributed by atoms with Crippen LogP contribution < -0.4 is 9.64 Å². The molecule has 24 heavy (non-hydrogen) atoms. The Hall–Kier alpha value is -2.49. The van der Waals surface area contributed by atoms with E-state index in [2.05, 4.69) is 4.90 Å². The number of ether oxygens (including phenoxy) is 1. The molecule has 0 spiro atoms. The number of rotatable bonds is 4. The van der Waals surface area contributed by atoms with E-state index in [4.69, 9.17) is 4.74 Å². The minimum absolute atomic E-state index is 0.130. The molecule has 1 amide bonds. The van der Waals surface area contributed by atoms with Gasteiger partial charge in [-0.2, -0.15) is 0 Å². The van der Waals surface area contributed by atoms with Gasteiger partial charge in [-0.1, -0.05) is 12.1 Å². The first-order valence-corrected chi connectivity index (χ1v) is 8.47. The summed E-state index contributed by atoms with van der Waals surface area (Å²) in [6.07, 6.45) is 3.42. The highest BCUT2D eigenvalue weighted by atomic mass is 16.5. The Balaban J connectivity index is 1.88. The van der Waals surface area contributed by atoms with Gasteiger partial charge in [0, 0.05) is 25.8 Å². The lowest BCUT2D eigenvalue weighted by atomic mass is 10.1. The topological polar surface area (TPSA) is 32.8 Å². The fourth-order valence-corrected chi connectivity index (χ4v) is 3.16. The highest BCUT2D eigenvalue weighted by Crippen LogP contribution is 2.29. The van der Waals surface area contributed by atoms with Crippen LogP contribution in [0.25, 0.3) is 0 Å². The molecule has 0 N–H and O–H groups in total. The number of carbonyl (C=O) groups excluding carboxylic acids is 1. The van der Waals surface area contributed by atoms with Gasteiger partial charge in [0.15, 0.2) is 0 Å². The van der Waals surface area contributed by atoms with Crippen molar-refractivity contribution in [3.63, 3.8) is 0 Å². The molecule has 1 saturated heterocycles. The van der Waals surface area contributed by atoms with E-state index in [1.807, 2.05) is 60.5 Å². The Morgan fingerprint density at radius 1 is 1.00 bits per heavy atom. The number of para-hydroxylation sites is 1. The minimum atomic E-state index is 0.130. The van der Waals surface area contributed by atoms with Crippen molar-refractivity contribution in [1.29, 1.82) is 0 Å². The highest BCUT2D eigenvalue weighted by molar-refractivity contribution is 6.00. The summed E-state index contributed by atoms with van der Waals surface area (Å²) < 4.78 is 5.22. The van der Waals surface area contributed by atoms with Crippen molar-refractivity contribution in [3.05, 3.63) is 54.1 Å². The molecule has 2 aromatic carbocycles. The molecule has 3 rings (SSSR count). The summed E-state index contributed by atoms with van der Waals surface area (Å²) in [4.78, 5) is 17.0. The molecule has 2 aromatic rings. The van der Waals surface area contributed by atoms with Crippen molar-refractivity contribution in [3.8, 4) is 5.75 Å². The van der Waals surface area contributed by atoms with Gasteiger partial charge >= 0.3 is 0 Å². The van der Waals surface area contributed by atoms with Crippen LogP contribution in [0.3, 0.4) is 0 Å². The third-order valence-electron chi connectivity index (χ3n) is 4.60. The van der Waals surface area contributed by atoms with Crippen molar-refractivity contribution < 1.29 is 9.53 Å². The third kappa shape index (κ3) is 3.37. The largest absolute Gasteiger partial charge is 0.497 e. The second kappa shape index (κ2) is 7.39. The average molecular weight is 324 g/mol. The molecular weight excluding hydrogens is 300 g/mol. The van der Waals surface area contributed by atoms with Crippen LogP contribution in [-0.2, 0) is 0 Å². The van der Waals surface area contributed by atoms with Crippen LogP contribution in [0.4, 0.5) is 11.4 Å². The van der Waals surface area contributed by atoms with Crippen LogP contribution in [0, 0.1) is 0 Å². The summed E-state index contributed by atoms with van der Waals surface area (Å²) >= 11 is 0. The molecule has 0 radical (unpaired) electrons. The molecule has 1 heterocycles. The van der Waals surface area contributed by atoms with Gasteiger partial charge in [0.25, 0.3) is 5.91 Å². The molecule has 4 nitrogen and oxygen atoms in total. The predicted octanol–water partition coefficient (Wildman–Crippen LogP) is 4.09. The van der Waals surface area contributed by atoms with Gasteiger partial charge in [0.05, 0.1) is 18.4 Å². The molecular formula is C20H24N2O2. The lowest BCUT2D eigenvalue weighted by molar-refractivity contribution is 0.0725. The Bertz CT molecular complexity index is 691. The van der Waals surface area contributed by atoms with E-state index in [1.54, 1.807) is 7.11 Å². The number of anilines is 2. The van der Waals surface area contributed by atoms with Gasteiger partial charge in [-0.05, 0) is 55.7 Å². The van der Waals surface area contributed by atoms with E-state index in [0.717, 1.165) is 48.6 Å². The Morgan fingerprint density at radius 3 is 2.33 bits per heavy atom. The lowest BCUT2D eigenvalue weighted by Crippen LogP contribution is -2.36. The smallest absolute Gasteiger partial charge is 0.255 e. The molecule has 0 aromatic heterocycles. The van der Waals surface area contributed by atoms with Crippen molar-refractivity contribution in [2.24, 2.45) is 0 Å². The molecule has 0 unspecified atom stereocenters. The van der Waals surface area contributed by atoms with E-state index in [-0.39, 0.29) is 5.91 Å². The van der Waals surface area contributed by atoms with Crippen LogP contribution in [0.1, 0.15) is 29.6 Å². The van der Waals surface area contributed by atoms with Crippen LogP contribution in [-0.4, -0.2) is 38.1 Å². The molecule has 0 aliphatic carbocycles. The van der Waals surface area contributed by atoms with Gasteiger partial charge in [-0.15, -0.1) is 0 Å². The van der Waals surface area contributed by atoms with Gasteiger partial charge < -0.3 is 14.5 Å². The lowest BCUT2D eigenvalue weighted by Gasteiger charge is -2.29. The summed E-state index contributed by atoms with van der Waals surface area (Å²) in [5, 5.41) is 0. The first-order valence-electron chi connectivity index (χ1n) is 8.47. The molecule has 0 atom stereocenters. The van der Waals surface area contributed by atoms with Crippen molar-refractivity contribution in [2.75, 3.05) is 32.1 Å².